The first kappa shape index (κ1) is 11.5. The fourth-order valence-electron chi connectivity index (χ4n) is 1.75. The van der Waals surface area contributed by atoms with Crippen LogP contribution in [0.25, 0.3) is 0 Å². The number of likely N-dealkylation sites (tertiary alicyclic amines) is 1. The number of carboxylic acid groups (broad SMARTS) is 1. The van der Waals surface area contributed by atoms with Crippen molar-refractivity contribution in [1.82, 2.24) is 4.90 Å². The summed E-state index contributed by atoms with van der Waals surface area (Å²) in [5.74, 6) is -1.36. The minimum Gasteiger partial charge on any atom is -0.479 e. The van der Waals surface area contributed by atoms with Gasteiger partial charge in [0.15, 0.2) is 12.1 Å². The minimum atomic E-state index is -1.11. The molecule has 1 fully saturated rings. The van der Waals surface area contributed by atoms with Gasteiger partial charge in [-0.2, -0.15) is 0 Å². The van der Waals surface area contributed by atoms with E-state index in [1.807, 2.05) is 0 Å². The fraction of sp³-hybridized carbons (Fsp3) is 0.444. The monoisotopic (exact) mass is 260 g/mol. The number of hydrogen-bond acceptors (Lipinski definition) is 4. The third-order valence-corrected chi connectivity index (χ3v) is 3.89. The van der Waals surface area contributed by atoms with Gasteiger partial charge in [0.25, 0.3) is 5.91 Å². The topological polar surface area (TPSA) is 70.0 Å². The molecule has 16 heavy (non-hydrogen) atoms. The van der Waals surface area contributed by atoms with Crippen LogP contribution in [0.15, 0.2) is 17.1 Å². The van der Waals surface area contributed by atoms with E-state index in [1.165, 1.54) is 16.7 Å². The Labute approximate surface area is 101 Å². The van der Waals surface area contributed by atoms with Crippen molar-refractivity contribution in [2.24, 2.45) is 4.99 Å². The summed E-state index contributed by atoms with van der Waals surface area (Å²) in [6.07, 6.45) is 0. The molecule has 2 rings (SSSR count). The first-order valence-corrected chi connectivity index (χ1v) is 6.01. The van der Waals surface area contributed by atoms with Crippen LogP contribution in [0.5, 0.6) is 0 Å². The summed E-state index contributed by atoms with van der Waals surface area (Å²) in [6, 6.07) is -1.46. The molecule has 1 amide bonds. The summed E-state index contributed by atoms with van der Waals surface area (Å²) in [4.78, 5) is 28.0. The Morgan fingerprint density at radius 3 is 3.06 bits per heavy atom. The molecule has 7 heteroatoms. The Bertz CT molecular complexity index is 398. The van der Waals surface area contributed by atoms with Crippen molar-refractivity contribution in [1.29, 1.82) is 0 Å². The van der Waals surface area contributed by atoms with E-state index in [0.717, 1.165) is 0 Å². The van der Waals surface area contributed by atoms with E-state index in [0.29, 0.717) is 5.57 Å². The second kappa shape index (κ2) is 4.10. The predicted octanol–water partition coefficient (Wildman–Crippen LogP) is 0.547. The van der Waals surface area contributed by atoms with Gasteiger partial charge in [-0.25, -0.2) is 4.79 Å². The highest BCUT2D eigenvalue weighted by Gasteiger charge is 2.54. The molecule has 3 atom stereocenters. The first-order valence-electron chi connectivity index (χ1n) is 4.53. The standard InChI is InChI=1S/C9H9ClN2O3S/c1-4(2-10)6(9(14)15)12-7(13)5-8(12)16-3-11-5/h3,5-6,8H,1-2H2,(H,14,15). The SMILES string of the molecule is C=C(CCl)C(C(=O)O)N1C(=O)C2N=CSC21. The summed E-state index contributed by atoms with van der Waals surface area (Å²) in [5.41, 5.74) is 1.89. The van der Waals surface area contributed by atoms with Gasteiger partial charge >= 0.3 is 5.97 Å². The number of aliphatic imine (C=N–C) groups is 1. The highest BCUT2D eigenvalue weighted by molar-refractivity contribution is 8.13. The van der Waals surface area contributed by atoms with Crippen LogP contribution in [0, 0.1) is 0 Å². The summed E-state index contributed by atoms with van der Waals surface area (Å²) < 4.78 is 0. The van der Waals surface area contributed by atoms with Crippen LogP contribution in [0.3, 0.4) is 0 Å². The van der Waals surface area contributed by atoms with Crippen molar-refractivity contribution < 1.29 is 14.7 Å². The lowest BCUT2D eigenvalue weighted by Gasteiger charge is -2.44. The number of alkyl halides is 1. The minimum absolute atomic E-state index is 0.0175. The highest BCUT2D eigenvalue weighted by atomic mass is 35.5. The number of carbonyl (C=O) groups is 2. The third-order valence-electron chi connectivity index (χ3n) is 2.54. The molecule has 0 aromatic carbocycles. The summed E-state index contributed by atoms with van der Waals surface area (Å²) in [7, 11) is 0. The van der Waals surface area contributed by atoms with Crippen molar-refractivity contribution in [3.63, 3.8) is 0 Å². The van der Waals surface area contributed by atoms with Crippen LogP contribution in [0.1, 0.15) is 0 Å². The van der Waals surface area contributed by atoms with Gasteiger partial charge in [0.1, 0.15) is 5.37 Å². The van der Waals surface area contributed by atoms with Crippen LogP contribution < -0.4 is 0 Å². The number of fused-ring (bicyclic) bond motifs is 1. The zero-order valence-electron chi connectivity index (χ0n) is 8.17. The van der Waals surface area contributed by atoms with E-state index in [4.69, 9.17) is 16.7 Å². The Balaban J connectivity index is 2.19. The lowest BCUT2D eigenvalue weighted by molar-refractivity contribution is -0.157. The largest absolute Gasteiger partial charge is 0.479 e. The van der Waals surface area contributed by atoms with E-state index in [-0.39, 0.29) is 17.2 Å². The van der Waals surface area contributed by atoms with Gasteiger partial charge in [0.05, 0.1) is 5.55 Å². The smallest absolute Gasteiger partial charge is 0.330 e. The maximum Gasteiger partial charge on any atom is 0.330 e. The van der Waals surface area contributed by atoms with Crippen molar-refractivity contribution in [2.75, 3.05) is 5.88 Å². The molecule has 0 saturated carbocycles. The second-order valence-corrected chi connectivity index (χ2v) is 4.74. The quantitative estimate of drug-likeness (QED) is 0.455. The van der Waals surface area contributed by atoms with Gasteiger partial charge in [0, 0.05) is 5.88 Å². The van der Waals surface area contributed by atoms with Gasteiger partial charge in [-0.15, -0.1) is 11.6 Å². The van der Waals surface area contributed by atoms with Crippen LogP contribution >= 0.6 is 23.4 Å². The number of hydrogen-bond donors (Lipinski definition) is 1. The maximum absolute atomic E-state index is 11.7. The number of halogens is 1. The number of nitrogens with zero attached hydrogens (tertiary/aromatic N) is 2. The van der Waals surface area contributed by atoms with Crippen LogP contribution in [-0.4, -0.2) is 50.8 Å². The fourth-order valence-corrected chi connectivity index (χ4v) is 2.91. The summed E-state index contributed by atoms with van der Waals surface area (Å²) in [5, 5.41) is 8.87. The molecule has 0 aromatic heterocycles. The van der Waals surface area contributed by atoms with Gasteiger partial charge in [-0.3, -0.25) is 9.79 Å². The summed E-state index contributed by atoms with van der Waals surface area (Å²) in [6.45, 7) is 3.59. The van der Waals surface area contributed by atoms with Crippen LogP contribution in [-0.2, 0) is 9.59 Å². The Morgan fingerprint density at radius 1 is 1.81 bits per heavy atom. The normalized spacial score (nSPS) is 28.6. The molecule has 0 radical (unpaired) electrons. The zero-order valence-corrected chi connectivity index (χ0v) is 9.74. The van der Waals surface area contributed by atoms with Crippen molar-refractivity contribution in [3.8, 4) is 0 Å². The third kappa shape index (κ3) is 1.53. The predicted molar refractivity (Wildman–Crippen MR) is 61.8 cm³/mol. The van der Waals surface area contributed by atoms with Crippen molar-refractivity contribution in [3.05, 3.63) is 12.2 Å². The van der Waals surface area contributed by atoms with E-state index >= 15 is 0 Å². The number of rotatable bonds is 4. The first-order chi connectivity index (χ1) is 7.57. The van der Waals surface area contributed by atoms with Crippen molar-refractivity contribution >= 4 is 40.8 Å². The van der Waals surface area contributed by atoms with Gasteiger partial charge in [-0.05, 0) is 5.57 Å². The van der Waals surface area contributed by atoms with E-state index in [2.05, 4.69) is 11.6 Å². The Morgan fingerprint density at radius 2 is 2.50 bits per heavy atom. The molecule has 2 aliphatic rings. The van der Waals surface area contributed by atoms with Gasteiger partial charge < -0.3 is 10.0 Å². The molecule has 2 heterocycles. The number of β-lactam (4-membered cyclic amide) rings is 1. The number of aliphatic carboxylic acids is 1. The van der Waals surface area contributed by atoms with Gasteiger partial charge in [0.2, 0.25) is 0 Å². The molecular formula is C9H9ClN2O3S. The highest BCUT2D eigenvalue weighted by Crippen LogP contribution is 2.38. The molecular weight excluding hydrogens is 252 g/mol. The average molecular weight is 261 g/mol. The number of thioether (sulfide) groups is 1. The lowest BCUT2D eigenvalue weighted by atomic mass is 10.00. The molecule has 0 aliphatic carbocycles. The van der Waals surface area contributed by atoms with E-state index < -0.39 is 18.1 Å². The van der Waals surface area contributed by atoms with E-state index in [1.54, 1.807) is 5.55 Å². The summed E-state index contributed by atoms with van der Waals surface area (Å²) >= 11 is 6.91. The molecule has 3 unspecified atom stereocenters. The Hall–Kier alpha value is -1.01. The van der Waals surface area contributed by atoms with Gasteiger partial charge in [-0.1, -0.05) is 18.3 Å². The van der Waals surface area contributed by atoms with Crippen LogP contribution in [0.4, 0.5) is 0 Å². The zero-order chi connectivity index (χ0) is 11.9. The second-order valence-electron chi connectivity index (χ2n) is 3.50. The van der Waals surface area contributed by atoms with Crippen molar-refractivity contribution in [2.45, 2.75) is 17.5 Å². The molecule has 2 aliphatic heterocycles. The van der Waals surface area contributed by atoms with E-state index in [9.17, 15) is 9.59 Å². The number of amides is 1. The molecule has 0 aromatic rings. The number of carbonyl (C=O) groups excluding carboxylic acids is 1. The lowest BCUT2D eigenvalue weighted by Crippen LogP contribution is -2.66. The van der Waals surface area contributed by atoms with Crippen LogP contribution in [0.2, 0.25) is 0 Å². The molecule has 0 bridgehead atoms. The number of carboxylic acids is 1. The molecule has 1 saturated heterocycles. The molecule has 1 N–H and O–H groups in total. The maximum atomic E-state index is 11.7. The molecule has 86 valence electrons. The Kier molecular flexibility index (Phi) is 2.94. The molecule has 5 nitrogen and oxygen atoms in total. The average Bonchev–Trinajstić information content (AvgIpc) is 2.68. The molecule has 0 spiro atoms.